The second-order valence-corrected chi connectivity index (χ2v) is 2.02. The van der Waals surface area contributed by atoms with Crippen LogP contribution < -0.4 is 0 Å². The Kier molecular flexibility index (Phi) is 1.37. The van der Waals surface area contributed by atoms with Gasteiger partial charge in [0.25, 0.3) is 0 Å². The molecule has 1 aromatic heterocycles. The Balaban J connectivity index is 3.15. The molecule has 0 bridgehead atoms. The molecule has 1 heterocycles. The van der Waals surface area contributed by atoms with Crippen LogP contribution in [0.25, 0.3) is 0 Å². The van der Waals surface area contributed by atoms with Gasteiger partial charge in [-0.3, -0.25) is 0 Å². The lowest BCUT2D eigenvalue weighted by Gasteiger charge is -1.87. The maximum Gasteiger partial charge on any atom is 0.356 e. The number of rotatable bonds is 1. The first-order valence-electron chi connectivity index (χ1n) is 2.73. The fourth-order valence-corrected chi connectivity index (χ4v) is 0.738. The van der Waals surface area contributed by atoms with E-state index in [0.29, 0.717) is 5.69 Å². The molecule has 0 aromatic carbocycles. The lowest BCUT2D eigenvalue weighted by Crippen LogP contribution is -1.96. The van der Waals surface area contributed by atoms with Crippen LogP contribution in [-0.4, -0.2) is 21.2 Å². The Morgan fingerprint density at radius 1 is 1.70 bits per heavy atom. The Morgan fingerprint density at radius 3 is 2.50 bits per heavy atom. The van der Waals surface area contributed by atoms with E-state index in [9.17, 15) is 4.79 Å². The van der Waals surface area contributed by atoms with Crippen LogP contribution in [0.3, 0.4) is 0 Å². The molecule has 0 unspecified atom stereocenters. The number of aromatic hydroxyl groups is 1. The average molecular weight is 141 g/mol. The van der Waals surface area contributed by atoms with Crippen molar-refractivity contribution in [3.05, 3.63) is 17.5 Å². The van der Waals surface area contributed by atoms with E-state index >= 15 is 0 Å². The van der Waals surface area contributed by atoms with Crippen LogP contribution in [0, 0.1) is 6.92 Å². The first kappa shape index (κ1) is 6.67. The first-order chi connectivity index (χ1) is 4.61. The SMILES string of the molecule is Cc1cc(O)c(C(=O)O)[nH]1. The van der Waals surface area contributed by atoms with Crippen molar-refractivity contribution in [2.75, 3.05) is 0 Å². The van der Waals surface area contributed by atoms with Crippen LogP contribution in [0.1, 0.15) is 16.2 Å². The van der Waals surface area contributed by atoms with Crippen LogP contribution in [0.5, 0.6) is 5.75 Å². The van der Waals surface area contributed by atoms with Crippen molar-refractivity contribution in [2.24, 2.45) is 0 Å². The summed E-state index contributed by atoms with van der Waals surface area (Å²) in [5.41, 5.74) is 0.479. The van der Waals surface area contributed by atoms with E-state index in [-0.39, 0.29) is 11.4 Å². The molecule has 0 spiro atoms. The van der Waals surface area contributed by atoms with E-state index in [1.807, 2.05) is 0 Å². The van der Waals surface area contributed by atoms with Crippen molar-refractivity contribution in [3.8, 4) is 5.75 Å². The van der Waals surface area contributed by atoms with E-state index in [1.54, 1.807) is 6.92 Å². The molecule has 10 heavy (non-hydrogen) atoms. The molecule has 0 fully saturated rings. The second kappa shape index (κ2) is 2.06. The Morgan fingerprint density at radius 2 is 2.30 bits per heavy atom. The standard InChI is InChI=1S/C6H7NO3/c1-3-2-4(8)5(7-3)6(9)10/h2,7-8H,1H3,(H,9,10). The van der Waals surface area contributed by atoms with Gasteiger partial charge >= 0.3 is 5.97 Å². The molecular weight excluding hydrogens is 134 g/mol. The zero-order valence-electron chi connectivity index (χ0n) is 5.38. The number of nitrogens with one attached hydrogen (secondary N) is 1. The van der Waals surface area contributed by atoms with Crippen molar-refractivity contribution in [3.63, 3.8) is 0 Å². The molecule has 0 aliphatic heterocycles. The summed E-state index contributed by atoms with van der Waals surface area (Å²) in [7, 11) is 0. The van der Waals surface area contributed by atoms with Gasteiger partial charge in [0.2, 0.25) is 0 Å². The maximum atomic E-state index is 10.2. The van der Waals surface area contributed by atoms with E-state index in [4.69, 9.17) is 10.2 Å². The number of aromatic amines is 1. The molecule has 0 aliphatic rings. The van der Waals surface area contributed by atoms with Gasteiger partial charge in [-0.1, -0.05) is 0 Å². The zero-order chi connectivity index (χ0) is 7.72. The molecule has 0 aliphatic carbocycles. The van der Waals surface area contributed by atoms with Crippen molar-refractivity contribution < 1.29 is 15.0 Å². The highest BCUT2D eigenvalue weighted by molar-refractivity contribution is 5.88. The van der Waals surface area contributed by atoms with Gasteiger partial charge in [-0.05, 0) is 6.92 Å². The summed E-state index contributed by atoms with van der Waals surface area (Å²) in [5.74, 6) is -1.37. The minimum absolute atomic E-state index is 0.155. The summed E-state index contributed by atoms with van der Waals surface area (Å²) < 4.78 is 0. The Labute approximate surface area is 57.1 Å². The van der Waals surface area contributed by atoms with Crippen LogP contribution in [0.4, 0.5) is 0 Å². The molecule has 1 rings (SSSR count). The predicted molar refractivity (Wildman–Crippen MR) is 34.2 cm³/mol. The quantitative estimate of drug-likeness (QED) is 0.539. The van der Waals surface area contributed by atoms with Gasteiger partial charge < -0.3 is 15.2 Å². The number of carboxylic acid groups (broad SMARTS) is 1. The van der Waals surface area contributed by atoms with Crippen molar-refractivity contribution >= 4 is 5.97 Å². The number of aryl methyl sites for hydroxylation is 1. The molecule has 54 valence electrons. The topological polar surface area (TPSA) is 73.3 Å². The van der Waals surface area contributed by atoms with Gasteiger partial charge in [-0.25, -0.2) is 4.79 Å². The highest BCUT2D eigenvalue weighted by atomic mass is 16.4. The van der Waals surface area contributed by atoms with Crippen LogP contribution in [0.2, 0.25) is 0 Å². The van der Waals surface area contributed by atoms with Crippen LogP contribution >= 0.6 is 0 Å². The van der Waals surface area contributed by atoms with Gasteiger partial charge in [0.1, 0.15) is 5.75 Å². The lowest BCUT2D eigenvalue weighted by atomic mass is 10.4. The highest BCUT2D eigenvalue weighted by Crippen LogP contribution is 2.16. The molecule has 0 atom stereocenters. The monoisotopic (exact) mass is 141 g/mol. The van der Waals surface area contributed by atoms with Gasteiger partial charge in [0.15, 0.2) is 5.69 Å². The third kappa shape index (κ3) is 0.953. The third-order valence-corrected chi connectivity index (χ3v) is 1.15. The molecule has 3 N–H and O–H groups in total. The predicted octanol–water partition coefficient (Wildman–Crippen LogP) is 0.727. The third-order valence-electron chi connectivity index (χ3n) is 1.15. The summed E-state index contributed by atoms with van der Waals surface area (Å²) >= 11 is 0. The summed E-state index contributed by atoms with van der Waals surface area (Å²) in [4.78, 5) is 12.7. The van der Waals surface area contributed by atoms with E-state index in [1.165, 1.54) is 6.07 Å². The molecule has 0 amide bonds. The van der Waals surface area contributed by atoms with E-state index in [2.05, 4.69) is 4.98 Å². The number of H-pyrrole nitrogens is 1. The molecular formula is C6H7NO3. The zero-order valence-corrected chi connectivity index (χ0v) is 5.38. The summed E-state index contributed by atoms with van der Waals surface area (Å²) in [5, 5.41) is 17.3. The fraction of sp³-hybridized carbons (Fsp3) is 0.167. The largest absolute Gasteiger partial charge is 0.505 e. The number of carboxylic acids is 1. The molecule has 0 saturated carbocycles. The normalized spacial score (nSPS) is 9.70. The molecule has 0 radical (unpaired) electrons. The van der Waals surface area contributed by atoms with Gasteiger partial charge in [0.05, 0.1) is 0 Å². The van der Waals surface area contributed by atoms with Crippen molar-refractivity contribution in [1.82, 2.24) is 4.98 Å². The second-order valence-electron chi connectivity index (χ2n) is 2.02. The van der Waals surface area contributed by atoms with Crippen molar-refractivity contribution in [1.29, 1.82) is 0 Å². The van der Waals surface area contributed by atoms with Crippen molar-refractivity contribution in [2.45, 2.75) is 6.92 Å². The van der Waals surface area contributed by atoms with Gasteiger partial charge in [-0.15, -0.1) is 0 Å². The highest BCUT2D eigenvalue weighted by Gasteiger charge is 2.10. The average Bonchev–Trinajstić information content (AvgIpc) is 2.10. The number of hydrogen-bond donors (Lipinski definition) is 3. The Hall–Kier alpha value is -1.45. The maximum absolute atomic E-state index is 10.2. The first-order valence-corrected chi connectivity index (χ1v) is 2.73. The molecule has 4 nitrogen and oxygen atoms in total. The summed E-state index contributed by atoms with van der Waals surface area (Å²) in [6, 6.07) is 1.36. The number of hydrogen-bond acceptors (Lipinski definition) is 2. The Bertz CT molecular complexity index is 264. The molecule has 4 heteroatoms. The van der Waals surface area contributed by atoms with Crippen LogP contribution in [0.15, 0.2) is 6.07 Å². The fourth-order valence-electron chi connectivity index (χ4n) is 0.738. The number of aromatic nitrogens is 1. The number of carbonyl (C=O) groups is 1. The van der Waals surface area contributed by atoms with E-state index < -0.39 is 5.97 Å². The van der Waals surface area contributed by atoms with Gasteiger partial charge in [-0.2, -0.15) is 0 Å². The summed E-state index contributed by atoms with van der Waals surface area (Å²) in [6.07, 6.45) is 0. The van der Waals surface area contributed by atoms with Gasteiger partial charge in [0, 0.05) is 11.8 Å². The minimum Gasteiger partial charge on any atom is -0.505 e. The lowest BCUT2D eigenvalue weighted by molar-refractivity contribution is 0.0688. The number of aromatic carboxylic acids is 1. The summed E-state index contributed by atoms with van der Waals surface area (Å²) in [6.45, 7) is 1.67. The molecule has 0 saturated heterocycles. The van der Waals surface area contributed by atoms with Crippen LogP contribution in [-0.2, 0) is 0 Å². The smallest absolute Gasteiger partial charge is 0.356 e. The van der Waals surface area contributed by atoms with E-state index in [0.717, 1.165) is 0 Å². The molecule has 1 aromatic rings. The minimum atomic E-state index is -1.15.